The minimum atomic E-state index is -0.725. The third-order valence-electron chi connectivity index (χ3n) is 4.83. The fourth-order valence-electron chi connectivity index (χ4n) is 3.23. The number of hydrogen-bond donors (Lipinski definition) is 2. The third kappa shape index (κ3) is 3.52. The molecule has 30 heavy (non-hydrogen) atoms. The number of non-ortho nitro benzene ring substituents is 1. The highest BCUT2D eigenvalue weighted by Crippen LogP contribution is 2.45. The van der Waals surface area contributed by atoms with Gasteiger partial charge in [-0.25, -0.2) is 4.79 Å². The highest BCUT2D eigenvalue weighted by Gasteiger charge is 2.27. The molecule has 9 nitrogen and oxygen atoms in total. The molecule has 0 fully saturated rings. The number of aromatic nitrogens is 2. The summed E-state index contributed by atoms with van der Waals surface area (Å²) >= 11 is 1.52. The van der Waals surface area contributed by atoms with Crippen LogP contribution in [0.2, 0.25) is 0 Å². The van der Waals surface area contributed by atoms with Gasteiger partial charge in [0.2, 0.25) is 5.88 Å². The van der Waals surface area contributed by atoms with Crippen molar-refractivity contribution in [3.8, 4) is 5.88 Å². The lowest BCUT2D eigenvalue weighted by atomic mass is 10.0. The van der Waals surface area contributed by atoms with Crippen LogP contribution in [-0.2, 0) is 7.05 Å². The molecule has 1 aliphatic rings. The first kappa shape index (κ1) is 19.6. The smallest absolute Gasteiger partial charge is 0.330 e. The molecule has 0 radical (unpaired) electrons. The Labute approximate surface area is 173 Å². The molecule has 1 aromatic heterocycles. The maximum atomic E-state index is 12.5. The van der Waals surface area contributed by atoms with Crippen molar-refractivity contribution in [3.63, 3.8) is 0 Å². The Kier molecular flexibility index (Phi) is 5.00. The number of fused-ring (bicyclic) bond motifs is 1. The Morgan fingerprint density at radius 1 is 1.20 bits per heavy atom. The molecule has 152 valence electrons. The molecule has 2 N–H and O–H groups in total. The Morgan fingerprint density at radius 3 is 2.60 bits per heavy atom. The standard InChI is InChI=1S/C20H16N4O5S/c1-23-19(26)17(18(25)22-20(23)27)14-10-16(11-6-8-12(9-7-11)24(28)29)30-15-5-3-2-4-13(15)21-14/h2-9,16,26H,10H2,1H3,(H,22,25,27)/t16-/m1/s1. The number of nitrogens with zero attached hydrogens (tertiary/aromatic N) is 3. The molecule has 1 atom stereocenters. The molecule has 0 bridgehead atoms. The van der Waals surface area contributed by atoms with Gasteiger partial charge < -0.3 is 5.11 Å². The molecular formula is C20H16N4O5S. The summed E-state index contributed by atoms with van der Waals surface area (Å²) in [5, 5.41) is 21.2. The molecule has 3 aromatic rings. The van der Waals surface area contributed by atoms with E-state index in [1.807, 2.05) is 18.2 Å². The van der Waals surface area contributed by atoms with E-state index >= 15 is 0 Å². The van der Waals surface area contributed by atoms with E-state index in [9.17, 15) is 24.8 Å². The number of H-pyrrole nitrogens is 1. The van der Waals surface area contributed by atoms with Crippen LogP contribution in [0.5, 0.6) is 5.88 Å². The van der Waals surface area contributed by atoms with Gasteiger partial charge in [0.05, 0.1) is 16.3 Å². The van der Waals surface area contributed by atoms with Crippen molar-refractivity contribution < 1.29 is 10.0 Å². The monoisotopic (exact) mass is 424 g/mol. The first-order valence-electron chi connectivity index (χ1n) is 8.95. The molecule has 0 aliphatic carbocycles. The Morgan fingerprint density at radius 2 is 1.90 bits per heavy atom. The van der Waals surface area contributed by atoms with E-state index in [0.717, 1.165) is 15.0 Å². The van der Waals surface area contributed by atoms with Crippen LogP contribution in [0.3, 0.4) is 0 Å². The van der Waals surface area contributed by atoms with Crippen LogP contribution in [0, 0.1) is 10.1 Å². The second kappa shape index (κ2) is 7.64. The lowest BCUT2D eigenvalue weighted by molar-refractivity contribution is -0.384. The van der Waals surface area contributed by atoms with Gasteiger partial charge in [-0.2, -0.15) is 0 Å². The molecule has 4 rings (SSSR count). The summed E-state index contributed by atoms with van der Waals surface area (Å²) < 4.78 is 0.948. The van der Waals surface area contributed by atoms with Crippen molar-refractivity contribution in [3.05, 3.63) is 90.6 Å². The van der Waals surface area contributed by atoms with E-state index in [-0.39, 0.29) is 22.9 Å². The van der Waals surface area contributed by atoms with E-state index in [1.165, 1.54) is 30.9 Å². The zero-order chi connectivity index (χ0) is 21.4. The van der Waals surface area contributed by atoms with Gasteiger partial charge in [0.25, 0.3) is 11.2 Å². The van der Waals surface area contributed by atoms with Crippen LogP contribution in [0.25, 0.3) is 0 Å². The second-order valence-electron chi connectivity index (χ2n) is 6.70. The zero-order valence-corrected chi connectivity index (χ0v) is 16.5. The Hall–Kier alpha value is -3.66. The molecule has 1 aliphatic heterocycles. The summed E-state index contributed by atoms with van der Waals surface area (Å²) in [6, 6.07) is 13.6. The van der Waals surface area contributed by atoms with Crippen molar-refractivity contribution in [1.82, 2.24) is 9.55 Å². The quantitative estimate of drug-likeness (QED) is 0.491. The molecule has 2 aromatic carbocycles. The molecular weight excluding hydrogens is 408 g/mol. The molecule has 0 unspecified atom stereocenters. The highest BCUT2D eigenvalue weighted by molar-refractivity contribution is 7.99. The fourth-order valence-corrected chi connectivity index (χ4v) is 4.47. The van der Waals surface area contributed by atoms with Crippen molar-refractivity contribution in [1.29, 1.82) is 0 Å². The average Bonchev–Trinajstić information content (AvgIpc) is 2.92. The van der Waals surface area contributed by atoms with Crippen LogP contribution in [0.1, 0.15) is 22.8 Å². The van der Waals surface area contributed by atoms with Crippen LogP contribution < -0.4 is 11.2 Å². The number of benzene rings is 2. The summed E-state index contributed by atoms with van der Waals surface area (Å²) in [5.41, 5.74) is 0.244. The molecule has 0 spiro atoms. The first-order chi connectivity index (χ1) is 14.3. The number of hydrogen-bond acceptors (Lipinski definition) is 7. The fraction of sp³-hybridized carbons (Fsp3) is 0.150. The predicted octanol–water partition coefficient (Wildman–Crippen LogP) is 3.05. The number of rotatable bonds is 3. The van der Waals surface area contributed by atoms with Crippen molar-refractivity contribution in [2.75, 3.05) is 0 Å². The topological polar surface area (TPSA) is 131 Å². The van der Waals surface area contributed by atoms with Crippen LogP contribution >= 0.6 is 11.8 Å². The van der Waals surface area contributed by atoms with E-state index in [0.29, 0.717) is 11.4 Å². The SMILES string of the molecule is Cn1c(O)c(C2=Nc3ccccc3S[C@@H](c3ccc([N+](=O)[O-])cc3)C2)c(=O)[nH]c1=O. The maximum absolute atomic E-state index is 12.5. The van der Waals surface area contributed by atoms with Gasteiger partial charge in [-0.05, 0) is 17.7 Å². The highest BCUT2D eigenvalue weighted by atomic mass is 32.2. The summed E-state index contributed by atoms with van der Waals surface area (Å²) in [6.45, 7) is 0. The normalized spacial score (nSPS) is 15.8. The predicted molar refractivity (Wildman–Crippen MR) is 113 cm³/mol. The second-order valence-corrected chi connectivity index (χ2v) is 7.95. The van der Waals surface area contributed by atoms with Crippen molar-refractivity contribution in [2.45, 2.75) is 16.6 Å². The van der Waals surface area contributed by atoms with Gasteiger partial charge in [-0.15, -0.1) is 11.8 Å². The van der Waals surface area contributed by atoms with E-state index in [4.69, 9.17) is 0 Å². The molecule has 10 heteroatoms. The van der Waals surface area contributed by atoms with Gasteiger partial charge in [-0.3, -0.25) is 29.5 Å². The number of thioether (sulfide) groups is 1. The van der Waals surface area contributed by atoms with Gasteiger partial charge in [0, 0.05) is 35.7 Å². The minimum absolute atomic E-state index is 0.0150. The number of para-hydroxylation sites is 1. The van der Waals surface area contributed by atoms with Gasteiger partial charge in [0.1, 0.15) is 5.56 Å². The van der Waals surface area contributed by atoms with Crippen molar-refractivity contribution in [2.24, 2.45) is 12.0 Å². The van der Waals surface area contributed by atoms with Crippen LogP contribution in [0.4, 0.5) is 11.4 Å². The Balaban J connectivity index is 1.86. The molecule has 2 heterocycles. The van der Waals surface area contributed by atoms with E-state index in [1.54, 1.807) is 18.2 Å². The number of aliphatic imine (C=N–C) groups is 1. The molecule has 0 saturated heterocycles. The minimum Gasteiger partial charge on any atom is -0.494 e. The van der Waals surface area contributed by atoms with Crippen molar-refractivity contribution >= 4 is 28.8 Å². The number of nitrogens with one attached hydrogen (secondary N) is 1. The zero-order valence-electron chi connectivity index (χ0n) is 15.7. The van der Waals surface area contributed by atoms with Crippen LogP contribution in [0.15, 0.2) is 68.0 Å². The van der Waals surface area contributed by atoms with Gasteiger partial charge in [0.15, 0.2) is 0 Å². The van der Waals surface area contributed by atoms with E-state index in [2.05, 4.69) is 9.98 Å². The summed E-state index contributed by atoms with van der Waals surface area (Å²) in [6.07, 6.45) is 0.270. The largest absolute Gasteiger partial charge is 0.494 e. The molecule has 0 saturated carbocycles. The van der Waals surface area contributed by atoms with E-state index < -0.39 is 22.1 Å². The molecule has 0 amide bonds. The summed E-state index contributed by atoms with van der Waals surface area (Å²) in [4.78, 5) is 42.5. The number of nitro benzene ring substituents is 1. The lowest BCUT2D eigenvalue weighted by Gasteiger charge is -2.16. The first-order valence-corrected chi connectivity index (χ1v) is 9.83. The maximum Gasteiger partial charge on any atom is 0.330 e. The van der Waals surface area contributed by atoms with Gasteiger partial charge in [-0.1, -0.05) is 24.3 Å². The summed E-state index contributed by atoms with van der Waals surface area (Å²) in [7, 11) is 1.35. The lowest BCUT2D eigenvalue weighted by Crippen LogP contribution is -2.32. The number of aromatic hydroxyl groups is 1. The number of nitro groups is 1. The Bertz CT molecular complexity index is 1290. The van der Waals surface area contributed by atoms with Crippen LogP contribution in [-0.4, -0.2) is 25.3 Å². The summed E-state index contributed by atoms with van der Waals surface area (Å²) in [5.74, 6) is -0.464. The third-order valence-corrected chi connectivity index (χ3v) is 6.15. The number of aromatic amines is 1. The van der Waals surface area contributed by atoms with Gasteiger partial charge >= 0.3 is 5.69 Å². The average molecular weight is 424 g/mol.